The fourth-order valence-electron chi connectivity index (χ4n) is 3.71. The van der Waals surface area contributed by atoms with E-state index in [-0.39, 0.29) is 11.9 Å². The second-order valence-electron chi connectivity index (χ2n) is 6.38. The van der Waals surface area contributed by atoms with Crippen LogP contribution in [0.1, 0.15) is 23.3 Å². The zero-order valence-corrected chi connectivity index (χ0v) is 12.2. The summed E-state index contributed by atoms with van der Waals surface area (Å²) in [5, 5.41) is 4.22. The van der Waals surface area contributed by atoms with Gasteiger partial charge in [-0.3, -0.25) is 4.79 Å². The van der Waals surface area contributed by atoms with Crippen LogP contribution in [-0.2, 0) is 7.05 Å². The van der Waals surface area contributed by atoms with Crippen LogP contribution in [0.25, 0.3) is 10.9 Å². The number of aryl methyl sites for hydroxylation is 1. The number of nitrogens with zero attached hydrogens (tertiary/aromatic N) is 3. The highest BCUT2D eigenvalue weighted by atomic mass is 16.1. The third kappa shape index (κ3) is 2.31. The Kier molecular flexibility index (Phi) is 2.96. The second-order valence-corrected chi connectivity index (χ2v) is 6.38. The van der Waals surface area contributed by atoms with E-state index in [0.29, 0.717) is 5.69 Å². The van der Waals surface area contributed by atoms with Crippen LogP contribution in [0, 0.1) is 5.92 Å². The van der Waals surface area contributed by atoms with Crippen LogP contribution >= 0.6 is 0 Å². The van der Waals surface area contributed by atoms with Crippen molar-refractivity contribution in [3.63, 3.8) is 0 Å². The molecule has 1 N–H and O–H groups in total. The SMILES string of the molecule is Cn1ccc2cc(C(=O)N[C@@H]3C[C@@H]4CCN(C4)C3)ncc21. The van der Waals surface area contributed by atoms with Crippen molar-refractivity contribution in [1.82, 2.24) is 19.8 Å². The van der Waals surface area contributed by atoms with Crippen molar-refractivity contribution in [2.45, 2.75) is 18.9 Å². The van der Waals surface area contributed by atoms with Crippen LogP contribution < -0.4 is 5.32 Å². The molecule has 4 heterocycles. The molecule has 4 rings (SSSR count). The monoisotopic (exact) mass is 284 g/mol. The smallest absolute Gasteiger partial charge is 0.270 e. The van der Waals surface area contributed by atoms with Gasteiger partial charge in [-0.25, -0.2) is 4.98 Å². The van der Waals surface area contributed by atoms with Crippen molar-refractivity contribution >= 4 is 16.8 Å². The van der Waals surface area contributed by atoms with E-state index in [9.17, 15) is 4.79 Å². The maximum Gasteiger partial charge on any atom is 0.270 e. The van der Waals surface area contributed by atoms with Gasteiger partial charge in [0.05, 0.1) is 11.7 Å². The lowest BCUT2D eigenvalue weighted by molar-refractivity contribution is 0.0904. The van der Waals surface area contributed by atoms with Gasteiger partial charge >= 0.3 is 0 Å². The Balaban J connectivity index is 1.50. The minimum absolute atomic E-state index is 0.0479. The van der Waals surface area contributed by atoms with Gasteiger partial charge in [0.2, 0.25) is 0 Å². The van der Waals surface area contributed by atoms with Crippen LogP contribution in [0.15, 0.2) is 24.5 Å². The molecule has 2 aliphatic heterocycles. The standard InChI is InChI=1S/C16H20N4O/c1-19-4-3-12-7-14(17-8-15(12)19)16(21)18-13-6-11-2-5-20(9-11)10-13/h3-4,7-8,11,13H,2,5-6,9-10H2,1H3,(H,18,21)/t11-,13+/m0/s1. The molecule has 2 fully saturated rings. The Hall–Kier alpha value is -1.88. The molecule has 0 radical (unpaired) electrons. The number of fused-ring (bicyclic) bond motifs is 3. The molecule has 5 nitrogen and oxygen atoms in total. The minimum atomic E-state index is -0.0479. The van der Waals surface area contributed by atoms with E-state index in [1.807, 2.05) is 29.9 Å². The molecule has 110 valence electrons. The largest absolute Gasteiger partial charge is 0.349 e. The predicted molar refractivity (Wildman–Crippen MR) is 81.1 cm³/mol. The van der Waals surface area contributed by atoms with Crippen molar-refractivity contribution in [2.75, 3.05) is 19.6 Å². The second kappa shape index (κ2) is 4.84. The zero-order valence-electron chi connectivity index (χ0n) is 12.2. The molecule has 2 aromatic rings. The lowest BCUT2D eigenvalue weighted by atomic mass is 9.97. The summed E-state index contributed by atoms with van der Waals surface area (Å²) in [6.07, 6.45) is 6.15. The van der Waals surface area contributed by atoms with Gasteiger partial charge in [0.25, 0.3) is 5.91 Å². The summed E-state index contributed by atoms with van der Waals surface area (Å²) in [7, 11) is 1.98. The fraction of sp³-hybridized carbons (Fsp3) is 0.500. The van der Waals surface area contributed by atoms with Gasteiger partial charge in [0.15, 0.2) is 0 Å². The number of rotatable bonds is 2. The van der Waals surface area contributed by atoms with Gasteiger partial charge < -0.3 is 14.8 Å². The number of carbonyl (C=O) groups excluding carboxylic acids is 1. The molecule has 2 aromatic heterocycles. The van der Waals surface area contributed by atoms with E-state index < -0.39 is 0 Å². The molecule has 2 saturated heterocycles. The summed E-state index contributed by atoms with van der Waals surface area (Å²) in [6.45, 7) is 3.38. The highest BCUT2D eigenvalue weighted by Gasteiger charge is 2.33. The van der Waals surface area contributed by atoms with E-state index in [0.717, 1.165) is 29.8 Å². The predicted octanol–water partition coefficient (Wildman–Crippen LogP) is 1.40. The summed E-state index contributed by atoms with van der Waals surface area (Å²) in [6, 6.07) is 4.16. The Morgan fingerprint density at radius 1 is 1.43 bits per heavy atom. The number of hydrogen-bond acceptors (Lipinski definition) is 3. The topological polar surface area (TPSA) is 50.2 Å². The third-order valence-electron chi connectivity index (χ3n) is 4.81. The highest BCUT2D eigenvalue weighted by Crippen LogP contribution is 2.26. The quantitative estimate of drug-likeness (QED) is 0.907. The number of carbonyl (C=O) groups is 1. The first-order valence-electron chi connectivity index (χ1n) is 7.63. The molecule has 5 heteroatoms. The Bertz CT molecular complexity index is 681. The molecule has 0 saturated carbocycles. The average molecular weight is 284 g/mol. The lowest BCUT2D eigenvalue weighted by Crippen LogP contribution is -2.47. The van der Waals surface area contributed by atoms with Crippen LogP contribution in [0.3, 0.4) is 0 Å². The van der Waals surface area contributed by atoms with Crippen LogP contribution in [0.4, 0.5) is 0 Å². The van der Waals surface area contributed by atoms with E-state index >= 15 is 0 Å². The molecule has 2 aliphatic rings. The number of piperidine rings is 1. The summed E-state index contributed by atoms with van der Waals surface area (Å²) >= 11 is 0. The number of amides is 1. The van der Waals surface area contributed by atoms with Gasteiger partial charge in [-0.15, -0.1) is 0 Å². The van der Waals surface area contributed by atoms with E-state index in [1.165, 1.54) is 19.5 Å². The van der Waals surface area contributed by atoms with Gasteiger partial charge in [0, 0.05) is 37.8 Å². The molecular formula is C16H20N4O. The van der Waals surface area contributed by atoms with Gasteiger partial charge in [0.1, 0.15) is 5.69 Å². The first-order valence-corrected chi connectivity index (χ1v) is 7.63. The molecule has 2 bridgehead atoms. The fourth-order valence-corrected chi connectivity index (χ4v) is 3.71. The molecule has 1 unspecified atom stereocenters. The average Bonchev–Trinajstić information content (AvgIpc) is 3.02. The van der Waals surface area contributed by atoms with Crippen molar-refractivity contribution < 1.29 is 4.79 Å². The van der Waals surface area contributed by atoms with Crippen molar-refractivity contribution in [1.29, 1.82) is 0 Å². The molecule has 0 aliphatic carbocycles. The minimum Gasteiger partial charge on any atom is -0.349 e. The summed E-state index contributed by atoms with van der Waals surface area (Å²) in [5.41, 5.74) is 1.56. The van der Waals surface area contributed by atoms with Crippen LogP contribution in [-0.4, -0.2) is 46.0 Å². The normalized spacial score (nSPS) is 28.0. The molecule has 0 spiro atoms. The number of hydrogen-bond donors (Lipinski definition) is 1. The van der Waals surface area contributed by atoms with E-state index in [4.69, 9.17) is 0 Å². The number of aromatic nitrogens is 2. The summed E-state index contributed by atoms with van der Waals surface area (Å²) in [5.74, 6) is 0.710. The molecule has 1 amide bonds. The maximum absolute atomic E-state index is 12.4. The van der Waals surface area contributed by atoms with Crippen molar-refractivity contribution in [3.05, 3.63) is 30.2 Å². The molecule has 3 atom stereocenters. The molecule has 21 heavy (non-hydrogen) atoms. The Morgan fingerprint density at radius 3 is 3.19 bits per heavy atom. The first-order chi connectivity index (χ1) is 10.2. The van der Waals surface area contributed by atoms with Crippen LogP contribution in [0.5, 0.6) is 0 Å². The van der Waals surface area contributed by atoms with Gasteiger partial charge in [-0.2, -0.15) is 0 Å². The van der Waals surface area contributed by atoms with Crippen LogP contribution in [0.2, 0.25) is 0 Å². The van der Waals surface area contributed by atoms with Gasteiger partial charge in [-0.1, -0.05) is 0 Å². The maximum atomic E-state index is 12.4. The summed E-state index contributed by atoms with van der Waals surface area (Å²) in [4.78, 5) is 19.2. The third-order valence-corrected chi connectivity index (χ3v) is 4.81. The van der Waals surface area contributed by atoms with E-state index in [1.54, 1.807) is 6.20 Å². The van der Waals surface area contributed by atoms with Gasteiger partial charge in [-0.05, 0) is 37.4 Å². The Morgan fingerprint density at radius 2 is 2.33 bits per heavy atom. The van der Waals surface area contributed by atoms with E-state index in [2.05, 4.69) is 15.2 Å². The number of pyridine rings is 1. The number of nitrogens with one attached hydrogen (secondary N) is 1. The molecule has 0 aromatic carbocycles. The highest BCUT2D eigenvalue weighted by molar-refractivity contribution is 5.96. The first kappa shape index (κ1) is 12.8. The van der Waals surface area contributed by atoms with Crippen molar-refractivity contribution in [3.8, 4) is 0 Å². The lowest BCUT2D eigenvalue weighted by Gasteiger charge is -2.30. The van der Waals surface area contributed by atoms with Crippen molar-refractivity contribution in [2.24, 2.45) is 13.0 Å². The zero-order chi connectivity index (χ0) is 14.4. The molecular weight excluding hydrogens is 264 g/mol. The Labute approximate surface area is 123 Å². The summed E-state index contributed by atoms with van der Waals surface area (Å²) < 4.78 is 2.01.